The highest BCUT2D eigenvalue weighted by atomic mass is 32.1. The molecule has 41 heavy (non-hydrogen) atoms. The second-order valence-corrected chi connectivity index (χ2v) is 13.4. The molecule has 2 aliphatic rings. The van der Waals surface area contributed by atoms with Crippen molar-refractivity contribution in [2.24, 2.45) is 11.8 Å². The van der Waals surface area contributed by atoms with E-state index in [1.54, 1.807) is 35.6 Å². The lowest BCUT2D eigenvalue weighted by molar-refractivity contribution is -0.145. The van der Waals surface area contributed by atoms with Gasteiger partial charge in [-0.2, -0.15) is 0 Å². The van der Waals surface area contributed by atoms with Gasteiger partial charge in [-0.1, -0.05) is 38.1 Å². The van der Waals surface area contributed by atoms with Gasteiger partial charge in [-0.25, -0.2) is 13.8 Å². The van der Waals surface area contributed by atoms with Crippen molar-refractivity contribution in [3.63, 3.8) is 0 Å². The Morgan fingerprint density at radius 3 is 2.46 bits per heavy atom. The number of hydrogen-bond acceptors (Lipinski definition) is 5. The summed E-state index contributed by atoms with van der Waals surface area (Å²) in [7, 11) is 1.94. The van der Waals surface area contributed by atoms with Crippen LogP contribution in [0, 0.1) is 23.5 Å². The van der Waals surface area contributed by atoms with Crippen LogP contribution in [0.4, 0.5) is 8.78 Å². The molecule has 5 rings (SSSR count). The zero-order valence-electron chi connectivity index (χ0n) is 24.2. The van der Waals surface area contributed by atoms with E-state index >= 15 is 0 Å². The van der Waals surface area contributed by atoms with Gasteiger partial charge in [-0.05, 0) is 105 Å². The van der Waals surface area contributed by atoms with E-state index in [0.29, 0.717) is 18.3 Å². The van der Waals surface area contributed by atoms with Gasteiger partial charge >= 0.3 is 5.97 Å². The Morgan fingerprint density at radius 2 is 1.80 bits per heavy atom. The first-order chi connectivity index (χ1) is 19.7. The maximum absolute atomic E-state index is 14.2. The van der Waals surface area contributed by atoms with Gasteiger partial charge in [0.05, 0.1) is 5.01 Å². The fraction of sp³-hybridized carbons (Fsp3) is 0.515. The molecule has 4 atom stereocenters. The Hall–Kier alpha value is -2.68. The molecule has 0 radical (unpaired) electrons. The van der Waals surface area contributed by atoms with E-state index in [9.17, 15) is 18.7 Å². The molecule has 3 aromatic rings. The number of nitrogens with zero attached hydrogens (tertiary/aromatic N) is 3. The third kappa shape index (κ3) is 7.22. The third-order valence-corrected chi connectivity index (χ3v) is 10.3. The quantitative estimate of drug-likeness (QED) is 0.286. The number of aromatic nitrogens is 1. The van der Waals surface area contributed by atoms with Gasteiger partial charge in [-0.3, -0.25) is 9.69 Å². The van der Waals surface area contributed by atoms with Crippen LogP contribution >= 0.6 is 11.3 Å². The molecule has 2 fully saturated rings. The molecule has 1 saturated carbocycles. The van der Waals surface area contributed by atoms with Crippen molar-refractivity contribution in [2.45, 2.75) is 69.9 Å². The second kappa shape index (κ2) is 13.1. The molecule has 0 bridgehead atoms. The van der Waals surface area contributed by atoms with E-state index in [1.807, 2.05) is 39.2 Å². The van der Waals surface area contributed by atoms with Crippen molar-refractivity contribution in [1.82, 2.24) is 14.8 Å². The average Bonchev–Trinajstić information content (AvgIpc) is 3.56. The Balaban J connectivity index is 1.22. The maximum Gasteiger partial charge on any atom is 0.321 e. The molecular weight excluding hydrogens is 540 g/mol. The monoisotopic (exact) mass is 581 g/mol. The number of likely N-dealkylation sites (tertiary alicyclic amines) is 1. The minimum Gasteiger partial charge on any atom is -0.480 e. The van der Waals surface area contributed by atoms with Crippen LogP contribution in [0.3, 0.4) is 0 Å². The first kappa shape index (κ1) is 29.8. The number of carboxylic acid groups (broad SMARTS) is 1. The molecule has 3 unspecified atom stereocenters. The Kier molecular flexibility index (Phi) is 9.52. The highest BCUT2D eigenvalue weighted by molar-refractivity contribution is 7.11. The summed E-state index contributed by atoms with van der Waals surface area (Å²) in [4.78, 5) is 22.6. The number of piperidine rings is 1. The Morgan fingerprint density at radius 1 is 1.10 bits per heavy atom. The van der Waals surface area contributed by atoms with Crippen molar-refractivity contribution in [3.05, 3.63) is 87.4 Å². The van der Waals surface area contributed by atoms with Gasteiger partial charge < -0.3 is 10.0 Å². The zero-order valence-corrected chi connectivity index (χ0v) is 25.0. The van der Waals surface area contributed by atoms with Gasteiger partial charge in [0, 0.05) is 30.1 Å². The van der Waals surface area contributed by atoms with Crippen LogP contribution in [0.5, 0.6) is 0 Å². The summed E-state index contributed by atoms with van der Waals surface area (Å²) < 4.78 is 27.8. The summed E-state index contributed by atoms with van der Waals surface area (Å²) in [6.45, 7) is 6.86. The van der Waals surface area contributed by atoms with Gasteiger partial charge in [0.1, 0.15) is 17.7 Å². The summed E-state index contributed by atoms with van der Waals surface area (Å²) in [6.07, 6.45) is 6.54. The predicted molar refractivity (Wildman–Crippen MR) is 159 cm³/mol. The fourth-order valence-corrected chi connectivity index (χ4v) is 8.20. The molecule has 1 saturated heterocycles. The van der Waals surface area contributed by atoms with Gasteiger partial charge in [0.15, 0.2) is 0 Å². The van der Waals surface area contributed by atoms with E-state index in [-0.39, 0.29) is 29.5 Å². The minimum atomic E-state index is -0.780. The second-order valence-electron chi connectivity index (χ2n) is 12.3. The molecule has 1 aromatic heterocycles. The number of carbonyl (C=O) groups is 1. The van der Waals surface area contributed by atoms with E-state index < -0.39 is 12.0 Å². The lowest BCUT2D eigenvalue weighted by Crippen LogP contribution is -2.47. The largest absolute Gasteiger partial charge is 0.480 e. The predicted octanol–water partition coefficient (Wildman–Crippen LogP) is 6.79. The minimum absolute atomic E-state index is 0.00399. The normalized spacial score (nSPS) is 23.0. The molecule has 2 heterocycles. The SMILES string of the molecule is CC(C)[C@H](C(=O)O)N(C)C1CC(CN2CCC(c3cnc(Cc4cccc(F)c4)s3)CC2)C(c2cccc(F)c2)C1. The van der Waals surface area contributed by atoms with Crippen LogP contribution in [0.2, 0.25) is 0 Å². The number of carboxylic acids is 1. The fourth-order valence-electron chi connectivity index (χ4n) is 7.08. The first-order valence-corrected chi connectivity index (χ1v) is 15.6. The topological polar surface area (TPSA) is 56.7 Å². The van der Waals surface area contributed by atoms with E-state index in [4.69, 9.17) is 0 Å². The number of benzene rings is 2. The number of halogens is 2. The summed E-state index contributed by atoms with van der Waals surface area (Å²) in [6, 6.07) is 13.3. The molecular formula is C33H41F2N3O2S. The molecule has 5 nitrogen and oxygen atoms in total. The first-order valence-electron chi connectivity index (χ1n) is 14.8. The van der Waals surface area contributed by atoms with Crippen molar-refractivity contribution >= 4 is 17.3 Å². The van der Waals surface area contributed by atoms with E-state index in [1.165, 1.54) is 17.0 Å². The van der Waals surface area contributed by atoms with Crippen LogP contribution in [-0.2, 0) is 11.2 Å². The smallest absolute Gasteiger partial charge is 0.321 e. The molecule has 1 aliphatic carbocycles. The van der Waals surface area contributed by atoms with Gasteiger partial charge in [-0.15, -0.1) is 11.3 Å². The molecule has 1 N–H and O–H groups in total. The van der Waals surface area contributed by atoms with Crippen molar-refractivity contribution in [3.8, 4) is 0 Å². The van der Waals surface area contributed by atoms with Crippen LogP contribution in [0.25, 0.3) is 0 Å². The molecule has 0 amide bonds. The molecule has 8 heteroatoms. The van der Waals surface area contributed by atoms with Crippen LogP contribution in [0.1, 0.15) is 72.4 Å². The third-order valence-electron chi connectivity index (χ3n) is 9.14. The van der Waals surface area contributed by atoms with Crippen molar-refractivity contribution in [1.29, 1.82) is 0 Å². The lowest BCUT2D eigenvalue weighted by atomic mass is 9.87. The molecule has 220 valence electrons. The number of hydrogen-bond donors (Lipinski definition) is 1. The molecule has 0 spiro atoms. The molecule has 2 aromatic carbocycles. The summed E-state index contributed by atoms with van der Waals surface area (Å²) in [5.41, 5.74) is 1.96. The maximum atomic E-state index is 14.2. The summed E-state index contributed by atoms with van der Waals surface area (Å²) >= 11 is 1.74. The van der Waals surface area contributed by atoms with Crippen LogP contribution < -0.4 is 0 Å². The number of aliphatic carboxylic acids is 1. The highest BCUT2D eigenvalue weighted by Gasteiger charge is 2.41. The van der Waals surface area contributed by atoms with Crippen LogP contribution in [0.15, 0.2) is 54.7 Å². The highest BCUT2D eigenvalue weighted by Crippen LogP contribution is 2.44. The van der Waals surface area contributed by atoms with Gasteiger partial charge in [0.25, 0.3) is 0 Å². The Labute approximate surface area is 246 Å². The van der Waals surface area contributed by atoms with E-state index in [2.05, 4.69) is 14.8 Å². The van der Waals surface area contributed by atoms with Crippen LogP contribution in [-0.4, -0.2) is 64.6 Å². The van der Waals surface area contributed by atoms with Gasteiger partial charge in [0.2, 0.25) is 0 Å². The zero-order chi connectivity index (χ0) is 29.1. The summed E-state index contributed by atoms with van der Waals surface area (Å²) in [5, 5.41) is 10.9. The number of rotatable bonds is 10. The lowest BCUT2D eigenvalue weighted by Gasteiger charge is -2.35. The van der Waals surface area contributed by atoms with Crippen molar-refractivity contribution in [2.75, 3.05) is 26.7 Å². The van der Waals surface area contributed by atoms with Crippen molar-refractivity contribution < 1.29 is 18.7 Å². The molecule has 1 aliphatic heterocycles. The standard InChI is InChI=1S/C33H41F2N3O2S/c1-21(2)32(33(39)40)37(3)28-17-25(29(18-28)24-7-5-9-27(35)16-24)20-38-12-10-23(11-13-38)30-19-36-31(41-30)15-22-6-4-8-26(34)14-22/h4-9,14,16,19,21,23,25,28-29,32H,10-13,15,17-18,20H2,1-3H3,(H,39,40)/t25?,28?,29?,32-/m1/s1. The number of likely N-dealkylation sites (N-methyl/N-ethyl adjacent to an activating group) is 1. The number of thiazole rings is 1. The Bertz CT molecular complexity index is 1320. The van der Waals surface area contributed by atoms with E-state index in [0.717, 1.165) is 61.5 Å². The average molecular weight is 582 g/mol. The summed E-state index contributed by atoms with van der Waals surface area (Å²) in [5.74, 6) is -0.192.